The minimum Gasteiger partial charge on any atom is -0.478 e. The van der Waals surface area contributed by atoms with Crippen LogP contribution in [0.15, 0.2) is 24.4 Å². The maximum Gasteiger partial charge on any atom is 0.293 e. The molecule has 0 bridgehead atoms. The third kappa shape index (κ3) is 7.09. The second-order valence-corrected chi connectivity index (χ2v) is 2.15. The summed E-state index contributed by atoms with van der Waals surface area (Å²) >= 11 is 0. The SMILES string of the molecule is CCOC=O.CCOc1ccccn1. The van der Waals surface area contributed by atoms with Crippen molar-refractivity contribution in [2.75, 3.05) is 13.2 Å². The van der Waals surface area contributed by atoms with Crippen molar-refractivity contribution in [2.45, 2.75) is 13.8 Å². The number of ether oxygens (including phenoxy) is 2. The molecule has 4 heteroatoms. The zero-order chi connectivity index (χ0) is 10.6. The molecule has 0 amide bonds. The van der Waals surface area contributed by atoms with Crippen molar-refractivity contribution in [3.8, 4) is 5.88 Å². The van der Waals surface area contributed by atoms with Crippen molar-refractivity contribution in [3.05, 3.63) is 24.4 Å². The highest BCUT2D eigenvalue weighted by atomic mass is 16.5. The molecule has 0 saturated carbocycles. The van der Waals surface area contributed by atoms with Crippen LogP contribution in [-0.2, 0) is 9.53 Å². The number of pyridine rings is 1. The van der Waals surface area contributed by atoms with Gasteiger partial charge in [-0.15, -0.1) is 0 Å². The Kier molecular flexibility index (Phi) is 8.43. The van der Waals surface area contributed by atoms with Crippen molar-refractivity contribution in [2.24, 2.45) is 0 Å². The second kappa shape index (κ2) is 9.51. The lowest BCUT2D eigenvalue weighted by Crippen LogP contribution is -1.92. The van der Waals surface area contributed by atoms with Crippen molar-refractivity contribution in [1.29, 1.82) is 0 Å². The maximum absolute atomic E-state index is 9.18. The van der Waals surface area contributed by atoms with E-state index in [0.717, 1.165) is 0 Å². The lowest BCUT2D eigenvalue weighted by molar-refractivity contribution is -0.128. The topological polar surface area (TPSA) is 48.4 Å². The molecule has 0 spiro atoms. The lowest BCUT2D eigenvalue weighted by Gasteiger charge is -1.97. The molecular weight excluding hydrogens is 182 g/mol. The first-order valence-corrected chi connectivity index (χ1v) is 4.44. The maximum atomic E-state index is 9.18. The molecule has 1 aromatic rings. The molecule has 1 aromatic heterocycles. The van der Waals surface area contributed by atoms with E-state index in [-0.39, 0.29) is 0 Å². The number of aromatic nitrogens is 1. The minimum atomic E-state index is 0.431. The normalized spacial score (nSPS) is 8.14. The number of carbonyl (C=O) groups excluding carboxylic acids is 1. The van der Waals surface area contributed by atoms with E-state index in [4.69, 9.17) is 4.74 Å². The average molecular weight is 197 g/mol. The number of hydrogen-bond acceptors (Lipinski definition) is 4. The largest absolute Gasteiger partial charge is 0.478 e. The predicted molar refractivity (Wildman–Crippen MR) is 53.1 cm³/mol. The molecule has 0 aliphatic heterocycles. The van der Waals surface area contributed by atoms with Crippen LogP contribution >= 0.6 is 0 Å². The Labute approximate surface area is 83.9 Å². The standard InChI is InChI=1S/C7H9NO.C3H6O2/c1-2-9-7-5-3-4-6-8-7;1-2-5-3-4/h3-6H,2H2,1H3;3H,2H2,1H3. The van der Waals surface area contributed by atoms with E-state index in [1.54, 1.807) is 13.1 Å². The fourth-order valence-electron chi connectivity index (χ4n) is 0.648. The minimum absolute atomic E-state index is 0.431. The number of hydrogen-bond donors (Lipinski definition) is 0. The van der Waals surface area contributed by atoms with E-state index in [9.17, 15) is 4.79 Å². The molecule has 0 aliphatic rings. The summed E-state index contributed by atoms with van der Waals surface area (Å²) in [5.74, 6) is 0.694. The molecule has 1 heterocycles. The van der Waals surface area contributed by atoms with Gasteiger partial charge in [0, 0.05) is 12.3 Å². The summed E-state index contributed by atoms with van der Waals surface area (Å²) in [6, 6.07) is 5.60. The van der Waals surface area contributed by atoms with E-state index in [1.165, 1.54) is 0 Å². The van der Waals surface area contributed by atoms with Gasteiger partial charge in [0.25, 0.3) is 6.47 Å². The quantitative estimate of drug-likeness (QED) is 0.689. The van der Waals surface area contributed by atoms with Gasteiger partial charge in [-0.05, 0) is 19.9 Å². The molecular formula is C10H15NO3. The summed E-state index contributed by atoms with van der Waals surface area (Å²) in [5.41, 5.74) is 0. The summed E-state index contributed by atoms with van der Waals surface area (Å²) < 4.78 is 9.25. The van der Waals surface area contributed by atoms with Crippen molar-refractivity contribution in [3.63, 3.8) is 0 Å². The fourth-order valence-corrected chi connectivity index (χ4v) is 0.648. The molecule has 0 fully saturated rings. The Hall–Kier alpha value is -1.58. The number of rotatable bonds is 4. The zero-order valence-electron chi connectivity index (χ0n) is 8.47. The van der Waals surface area contributed by atoms with E-state index in [1.807, 2.05) is 25.1 Å². The van der Waals surface area contributed by atoms with Gasteiger partial charge in [0.1, 0.15) is 0 Å². The first-order valence-electron chi connectivity index (χ1n) is 4.44. The van der Waals surface area contributed by atoms with Gasteiger partial charge in [-0.2, -0.15) is 0 Å². The molecule has 4 nitrogen and oxygen atoms in total. The van der Waals surface area contributed by atoms with Crippen LogP contribution in [0.25, 0.3) is 0 Å². The molecule has 14 heavy (non-hydrogen) atoms. The van der Waals surface area contributed by atoms with E-state index in [0.29, 0.717) is 25.6 Å². The zero-order valence-corrected chi connectivity index (χ0v) is 8.47. The van der Waals surface area contributed by atoms with E-state index >= 15 is 0 Å². The van der Waals surface area contributed by atoms with Gasteiger partial charge in [0.15, 0.2) is 0 Å². The van der Waals surface area contributed by atoms with Gasteiger partial charge in [-0.25, -0.2) is 4.98 Å². The van der Waals surface area contributed by atoms with Crippen LogP contribution < -0.4 is 4.74 Å². The average Bonchev–Trinajstić information content (AvgIpc) is 2.22. The lowest BCUT2D eigenvalue weighted by atomic mass is 10.5. The smallest absolute Gasteiger partial charge is 0.293 e. The first-order chi connectivity index (χ1) is 6.85. The molecule has 0 aliphatic carbocycles. The Morgan fingerprint density at radius 3 is 2.50 bits per heavy atom. The van der Waals surface area contributed by atoms with Gasteiger partial charge in [-0.3, -0.25) is 4.79 Å². The third-order valence-corrected chi connectivity index (χ3v) is 1.16. The van der Waals surface area contributed by atoms with Gasteiger partial charge in [0.05, 0.1) is 13.2 Å². The Morgan fingerprint density at radius 1 is 1.36 bits per heavy atom. The Bertz CT molecular complexity index is 226. The Balaban J connectivity index is 0.000000292. The van der Waals surface area contributed by atoms with Crippen LogP contribution in [0, 0.1) is 0 Å². The Morgan fingerprint density at radius 2 is 2.14 bits per heavy atom. The van der Waals surface area contributed by atoms with Gasteiger partial charge >= 0.3 is 0 Å². The molecule has 78 valence electrons. The van der Waals surface area contributed by atoms with Crippen LogP contribution in [0.5, 0.6) is 5.88 Å². The third-order valence-electron chi connectivity index (χ3n) is 1.16. The molecule has 0 N–H and O–H groups in total. The van der Waals surface area contributed by atoms with Crippen molar-refractivity contribution < 1.29 is 14.3 Å². The van der Waals surface area contributed by atoms with Crippen LogP contribution in [0.3, 0.4) is 0 Å². The fraction of sp³-hybridized carbons (Fsp3) is 0.400. The van der Waals surface area contributed by atoms with Gasteiger partial charge < -0.3 is 9.47 Å². The monoisotopic (exact) mass is 197 g/mol. The van der Waals surface area contributed by atoms with Crippen LogP contribution in [0.2, 0.25) is 0 Å². The summed E-state index contributed by atoms with van der Waals surface area (Å²) in [6.45, 7) is 5.28. The summed E-state index contributed by atoms with van der Waals surface area (Å²) in [5, 5.41) is 0. The van der Waals surface area contributed by atoms with Gasteiger partial charge in [0.2, 0.25) is 5.88 Å². The van der Waals surface area contributed by atoms with E-state index in [2.05, 4.69) is 9.72 Å². The molecule has 0 saturated heterocycles. The number of carbonyl (C=O) groups is 1. The number of nitrogens with zero attached hydrogens (tertiary/aromatic N) is 1. The highest BCUT2D eigenvalue weighted by Gasteiger charge is 1.85. The summed E-state index contributed by atoms with van der Waals surface area (Å²) in [6.07, 6.45) is 1.71. The summed E-state index contributed by atoms with van der Waals surface area (Å²) in [4.78, 5) is 13.1. The highest BCUT2D eigenvalue weighted by Crippen LogP contribution is 2.01. The van der Waals surface area contributed by atoms with Crippen LogP contribution in [-0.4, -0.2) is 24.7 Å². The molecule has 0 radical (unpaired) electrons. The second-order valence-electron chi connectivity index (χ2n) is 2.15. The van der Waals surface area contributed by atoms with E-state index < -0.39 is 0 Å². The first kappa shape index (κ1) is 12.4. The van der Waals surface area contributed by atoms with Gasteiger partial charge in [-0.1, -0.05) is 6.07 Å². The highest BCUT2D eigenvalue weighted by molar-refractivity contribution is 5.36. The van der Waals surface area contributed by atoms with Crippen molar-refractivity contribution in [1.82, 2.24) is 4.98 Å². The molecule has 0 atom stereocenters. The van der Waals surface area contributed by atoms with Crippen LogP contribution in [0.4, 0.5) is 0 Å². The van der Waals surface area contributed by atoms with Crippen LogP contribution in [0.1, 0.15) is 13.8 Å². The molecule has 1 rings (SSSR count). The molecule has 0 aromatic carbocycles. The van der Waals surface area contributed by atoms with Crippen molar-refractivity contribution >= 4 is 6.47 Å². The summed E-state index contributed by atoms with van der Waals surface area (Å²) in [7, 11) is 0. The predicted octanol–water partition coefficient (Wildman–Crippen LogP) is 1.66. The molecule has 0 unspecified atom stereocenters.